The minimum atomic E-state index is -1.62. The summed E-state index contributed by atoms with van der Waals surface area (Å²) in [4.78, 5) is 14.2. The van der Waals surface area contributed by atoms with Crippen LogP contribution in [0.25, 0.3) is 0 Å². The molecule has 1 N–H and O–H groups in total. The zero-order valence-corrected chi connectivity index (χ0v) is 12.9. The monoisotopic (exact) mass is 281 g/mol. The Morgan fingerprint density at radius 2 is 2.00 bits per heavy atom. The zero-order valence-electron chi connectivity index (χ0n) is 12.9. The van der Waals surface area contributed by atoms with E-state index in [4.69, 9.17) is 4.74 Å². The van der Waals surface area contributed by atoms with Crippen molar-refractivity contribution >= 4 is 5.97 Å². The van der Waals surface area contributed by atoms with E-state index >= 15 is 0 Å². The summed E-state index contributed by atoms with van der Waals surface area (Å²) in [6, 6.07) is 0. The molecule has 0 aromatic rings. The first-order chi connectivity index (χ1) is 9.50. The van der Waals surface area contributed by atoms with Gasteiger partial charge in [0.15, 0.2) is 0 Å². The van der Waals surface area contributed by atoms with Crippen molar-refractivity contribution in [1.82, 2.24) is 4.90 Å². The maximum atomic E-state index is 12.2. The van der Waals surface area contributed by atoms with Gasteiger partial charge in [-0.1, -0.05) is 25.2 Å². The number of rotatable bonds is 6. The second-order valence-electron chi connectivity index (χ2n) is 5.77. The van der Waals surface area contributed by atoms with Gasteiger partial charge in [-0.3, -0.25) is 0 Å². The van der Waals surface area contributed by atoms with Gasteiger partial charge in [-0.2, -0.15) is 0 Å². The highest BCUT2D eigenvalue weighted by Gasteiger charge is 2.44. The lowest BCUT2D eigenvalue weighted by Crippen LogP contribution is -2.47. The smallest absolute Gasteiger partial charge is 0.351 e. The highest BCUT2D eigenvalue weighted by molar-refractivity contribution is 5.83. The topological polar surface area (TPSA) is 49.8 Å². The van der Waals surface area contributed by atoms with Crippen LogP contribution in [0, 0.1) is 17.8 Å². The van der Waals surface area contributed by atoms with Crippen LogP contribution in [-0.4, -0.2) is 48.8 Å². The number of esters is 1. The van der Waals surface area contributed by atoms with Gasteiger partial charge in [-0.05, 0) is 40.3 Å². The van der Waals surface area contributed by atoms with Gasteiger partial charge in [0.2, 0.25) is 5.60 Å². The third-order valence-corrected chi connectivity index (χ3v) is 3.81. The van der Waals surface area contributed by atoms with E-state index in [-0.39, 0.29) is 5.92 Å². The molecule has 0 spiro atoms. The molecule has 0 bridgehead atoms. The molecular formula is C16H27NO3. The highest BCUT2D eigenvalue weighted by atomic mass is 16.5. The molecule has 0 aromatic heterocycles. The first kappa shape index (κ1) is 17.0. The van der Waals surface area contributed by atoms with Crippen molar-refractivity contribution in [1.29, 1.82) is 0 Å². The first-order valence-electron chi connectivity index (χ1n) is 7.49. The van der Waals surface area contributed by atoms with Gasteiger partial charge in [0.25, 0.3) is 0 Å². The molecule has 1 atom stereocenters. The van der Waals surface area contributed by atoms with Gasteiger partial charge < -0.3 is 14.7 Å². The van der Waals surface area contributed by atoms with Crippen molar-refractivity contribution in [2.24, 2.45) is 5.92 Å². The maximum Gasteiger partial charge on any atom is 0.351 e. The van der Waals surface area contributed by atoms with Crippen molar-refractivity contribution in [2.45, 2.75) is 51.0 Å². The lowest BCUT2D eigenvalue weighted by atomic mass is 9.77. The summed E-state index contributed by atoms with van der Waals surface area (Å²) in [5.74, 6) is 4.72. The largest absolute Gasteiger partial charge is 0.463 e. The second-order valence-corrected chi connectivity index (χ2v) is 5.77. The van der Waals surface area contributed by atoms with E-state index in [2.05, 4.69) is 11.8 Å². The Balaban J connectivity index is 2.58. The maximum absolute atomic E-state index is 12.2. The summed E-state index contributed by atoms with van der Waals surface area (Å²) in [7, 11) is 3.95. The molecule has 1 aliphatic carbocycles. The SMILES string of the molecule is CC#C[C@](O)(C(=O)OCCCN(C)C)C1CCCCC1. The molecule has 0 aromatic carbocycles. The molecule has 1 aliphatic rings. The Kier molecular flexibility index (Phi) is 7.04. The number of carbonyl (C=O) groups is 1. The fraction of sp³-hybridized carbons (Fsp3) is 0.812. The summed E-state index contributed by atoms with van der Waals surface area (Å²) in [5, 5.41) is 10.7. The van der Waals surface area contributed by atoms with Crippen LogP contribution in [0.5, 0.6) is 0 Å². The van der Waals surface area contributed by atoms with Crippen LogP contribution in [-0.2, 0) is 9.53 Å². The van der Waals surface area contributed by atoms with Gasteiger partial charge in [0, 0.05) is 12.5 Å². The molecule has 20 heavy (non-hydrogen) atoms. The van der Waals surface area contributed by atoms with Crippen LogP contribution in [0.3, 0.4) is 0 Å². The third kappa shape index (κ3) is 4.81. The molecule has 114 valence electrons. The number of aliphatic hydroxyl groups is 1. The van der Waals surface area contributed by atoms with Crippen molar-refractivity contribution in [3.63, 3.8) is 0 Å². The summed E-state index contributed by atoms with van der Waals surface area (Å²) >= 11 is 0. The Morgan fingerprint density at radius 1 is 1.35 bits per heavy atom. The van der Waals surface area contributed by atoms with E-state index in [1.54, 1.807) is 6.92 Å². The summed E-state index contributed by atoms with van der Waals surface area (Å²) in [6.45, 7) is 2.83. The Hall–Kier alpha value is -1.05. The molecule has 1 rings (SSSR count). The van der Waals surface area contributed by atoms with Crippen molar-refractivity contribution in [3.05, 3.63) is 0 Å². The molecule has 1 fully saturated rings. The van der Waals surface area contributed by atoms with Gasteiger partial charge in [-0.25, -0.2) is 4.79 Å². The molecule has 0 radical (unpaired) electrons. The molecular weight excluding hydrogens is 254 g/mol. The standard InChI is InChI=1S/C16H27NO3/c1-4-11-16(19,14-9-6-5-7-10-14)15(18)20-13-8-12-17(2)3/h14,19H,5-10,12-13H2,1-3H3/t16-/m1/s1. The Morgan fingerprint density at radius 3 is 2.55 bits per heavy atom. The van der Waals surface area contributed by atoms with Crippen molar-refractivity contribution in [2.75, 3.05) is 27.2 Å². The Bertz CT molecular complexity index is 364. The third-order valence-electron chi connectivity index (χ3n) is 3.81. The molecule has 4 nitrogen and oxygen atoms in total. The Labute approximate surface area is 122 Å². The fourth-order valence-corrected chi connectivity index (χ4v) is 2.69. The number of nitrogens with zero attached hydrogens (tertiary/aromatic N) is 1. The lowest BCUT2D eigenvalue weighted by Gasteiger charge is -2.32. The average molecular weight is 281 g/mol. The summed E-state index contributed by atoms with van der Waals surface area (Å²) in [6.07, 6.45) is 5.72. The quantitative estimate of drug-likeness (QED) is 0.458. The fourth-order valence-electron chi connectivity index (χ4n) is 2.69. The molecule has 1 saturated carbocycles. The molecule has 0 saturated heterocycles. The highest BCUT2D eigenvalue weighted by Crippen LogP contribution is 2.33. The van der Waals surface area contributed by atoms with Gasteiger partial charge in [0.05, 0.1) is 6.61 Å². The summed E-state index contributed by atoms with van der Waals surface area (Å²) < 4.78 is 5.25. The number of hydrogen-bond acceptors (Lipinski definition) is 4. The average Bonchev–Trinajstić information content (AvgIpc) is 2.44. The van der Waals surface area contributed by atoms with Crippen LogP contribution in [0.15, 0.2) is 0 Å². The van der Waals surface area contributed by atoms with Gasteiger partial charge in [0.1, 0.15) is 0 Å². The predicted octanol–water partition coefficient (Wildman–Crippen LogP) is 1.82. The van der Waals surface area contributed by atoms with Crippen LogP contribution in [0.1, 0.15) is 45.4 Å². The van der Waals surface area contributed by atoms with Gasteiger partial charge in [-0.15, -0.1) is 5.92 Å². The van der Waals surface area contributed by atoms with Crippen LogP contribution in [0.4, 0.5) is 0 Å². The number of carbonyl (C=O) groups excluding carboxylic acids is 1. The van der Waals surface area contributed by atoms with E-state index in [0.29, 0.717) is 6.61 Å². The molecule has 0 heterocycles. The lowest BCUT2D eigenvalue weighted by molar-refractivity contribution is -0.165. The predicted molar refractivity (Wildman–Crippen MR) is 79.1 cm³/mol. The van der Waals surface area contributed by atoms with E-state index in [0.717, 1.165) is 38.6 Å². The van der Waals surface area contributed by atoms with E-state index in [1.165, 1.54) is 6.42 Å². The zero-order chi connectivity index (χ0) is 15.0. The van der Waals surface area contributed by atoms with E-state index < -0.39 is 11.6 Å². The minimum Gasteiger partial charge on any atom is -0.463 e. The molecule has 0 unspecified atom stereocenters. The number of hydrogen-bond donors (Lipinski definition) is 1. The van der Waals surface area contributed by atoms with E-state index in [9.17, 15) is 9.90 Å². The summed E-state index contributed by atoms with van der Waals surface area (Å²) in [5.41, 5.74) is -1.62. The van der Waals surface area contributed by atoms with Crippen LogP contribution < -0.4 is 0 Å². The van der Waals surface area contributed by atoms with Crippen LogP contribution >= 0.6 is 0 Å². The first-order valence-corrected chi connectivity index (χ1v) is 7.49. The van der Waals surface area contributed by atoms with Gasteiger partial charge >= 0.3 is 5.97 Å². The van der Waals surface area contributed by atoms with Crippen molar-refractivity contribution in [3.8, 4) is 11.8 Å². The number of ether oxygens (including phenoxy) is 1. The second kappa shape index (κ2) is 8.28. The van der Waals surface area contributed by atoms with E-state index in [1.807, 2.05) is 19.0 Å². The van der Waals surface area contributed by atoms with Crippen molar-refractivity contribution < 1.29 is 14.6 Å². The van der Waals surface area contributed by atoms with Crippen LogP contribution in [0.2, 0.25) is 0 Å². The minimum absolute atomic E-state index is 0.0925. The molecule has 0 aliphatic heterocycles. The molecule has 4 heteroatoms. The normalized spacial score (nSPS) is 19.1. The molecule has 0 amide bonds.